The number of halogens is 6. The van der Waals surface area contributed by atoms with E-state index in [-0.39, 0.29) is 11.3 Å². The summed E-state index contributed by atoms with van der Waals surface area (Å²) in [5, 5.41) is 0. The van der Waals surface area contributed by atoms with Crippen molar-refractivity contribution in [2.24, 2.45) is 0 Å². The first kappa shape index (κ1) is 19.5. The molecule has 1 N–H and O–H groups in total. The van der Waals surface area contributed by atoms with Crippen molar-refractivity contribution in [1.29, 1.82) is 0 Å². The summed E-state index contributed by atoms with van der Waals surface area (Å²) < 4.78 is 82.0. The lowest BCUT2D eigenvalue weighted by atomic mass is 10.0. The summed E-state index contributed by atoms with van der Waals surface area (Å²) in [7, 11) is 0. The number of alkyl halides is 6. The second-order valence-corrected chi connectivity index (χ2v) is 5.57. The number of rotatable bonds is 3. The van der Waals surface area contributed by atoms with Gasteiger partial charge in [-0.1, -0.05) is 12.1 Å². The normalized spacial score (nSPS) is 12.4. The van der Waals surface area contributed by atoms with Crippen molar-refractivity contribution in [2.75, 3.05) is 6.61 Å². The predicted octanol–water partition coefficient (Wildman–Crippen LogP) is 3.01. The van der Waals surface area contributed by atoms with Gasteiger partial charge in [0.2, 0.25) is 5.78 Å². The molecule has 0 saturated heterocycles. The number of H-pyrrole nitrogens is 1. The van der Waals surface area contributed by atoms with Gasteiger partial charge in [-0.2, -0.15) is 26.3 Å². The van der Waals surface area contributed by atoms with E-state index in [0.717, 1.165) is 40.9 Å². The molecule has 0 saturated carbocycles. The lowest BCUT2D eigenvalue weighted by Crippen LogP contribution is -2.26. The van der Waals surface area contributed by atoms with Gasteiger partial charge in [-0.15, -0.1) is 0 Å². The van der Waals surface area contributed by atoms with Crippen molar-refractivity contribution in [2.45, 2.75) is 12.4 Å². The number of nitrogens with zero attached hydrogens (tertiary/aromatic N) is 2. The highest BCUT2D eigenvalue weighted by molar-refractivity contribution is 5.67. The van der Waals surface area contributed by atoms with Crippen LogP contribution in [0.25, 0.3) is 16.9 Å². The zero-order chi connectivity index (χ0) is 20.7. The van der Waals surface area contributed by atoms with E-state index >= 15 is 0 Å². The van der Waals surface area contributed by atoms with Gasteiger partial charge in [0.1, 0.15) is 5.75 Å². The predicted molar refractivity (Wildman–Crippen MR) is 84.1 cm³/mol. The molecule has 2 aromatic heterocycles. The highest BCUT2D eigenvalue weighted by atomic mass is 19.4. The molecule has 0 atom stereocenters. The molecule has 0 unspecified atom stereocenters. The van der Waals surface area contributed by atoms with Crippen LogP contribution in [-0.2, 0) is 6.18 Å². The third kappa shape index (κ3) is 4.00. The van der Waals surface area contributed by atoms with E-state index in [0.29, 0.717) is 0 Å². The fourth-order valence-corrected chi connectivity index (χ4v) is 2.40. The molecule has 6 nitrogen and oxygen atoms in total. The maximum absolute atomic E-state index is 13.4. The van der Waals surface area contributed by atoms with Crippen molar-refractivity contribution >= 4 is 5.78 Å². The monoisotopic (exact) mass is 405 g/mol. The van der Waals surface area contributed by atoms with Crippen molar-refractivity contribution in [3.8, 4) is 16.9 Å². The van der Waals surface area contributed by atoms with Gasteiger partial charge in [0.25, 0.3) is 11.1 Å². The lowest BCUT2D eigenvalue weighted by Gasteiger charge is -2.14. The minimum absolute atomic E-state index is 0.232. The number of ether oxygens (including phenoxy) is 1. The minimum Gasteiger partial charge on any atom is -0.484 e. The molecule has 0 amide bonds. The zero-order valence-electron chi connectivity index (χ0n) is 13.6. The van der Waals surface area contributed by atoms with Gasteiger partial charge in [0, 0.05) is 12.3 Å². The number of aromatic nitrogens is 3. The molecule has 3 aromatic rings. The van der Waals surface area contributed by atoms with E-state index in [1.807, 2.05) is 4.98 Å². The maximum Gasteiger partial charge on any atom is 0.434 e. The fourth-order valence-electron chi connectivity index (χ4n) is 2.40. The van der Waals surface area contributed by atoms with Crippen LogP contribution in [0.3, 0.4) is 0 Å². The topological polar surface area (TPSA) is 76.5 Å². The Balaban J connectivity index is 2.14. The Morgan fingerprint density at radius 2 is 1.64 bits per heavy atom. The first-order valence-electron chi connectivity index (χ1n) is 7.48. The summed E-state index contributed by atoms with van der Waals surface area (Å²) in [6.45, 7) is -1.58. The molecular weight excluding hydrogens is 396 g/mol. The van der Waals surface area contributed by atoms with E-state index in [9.17, 15) is 35.9 Å². The molecule has 0 fully saturated rings. The second-order valence-electron chi connectivity index (χ2n) is 5.57. The second kappa shape index (κ2) is 6.69. The van der Waals surface area contributed by atoms with E-state index in [1.165, 1.54) is 0 Å². The molecule has 148 valence electrons. The molecule has 0 aliphatic carbocycles. The van der Waals surface area contributed by atoms with Crippen LogP contribution in [-0.4, -0.2) is 27.2 Å². The van der Waals surface area contributed by atoms with Gasteiger partial charge < -0.3 is 4.74 Å². The van der Waals surface area contributed by atoms with Crippen LogP contribution in [0.2, 0.25) is 0 Å². The molecule has 3 rings (SSSR count). The molecule has 12 heteroatoms. The summed E-state index contributed by atoms with van der Waals surface area (Å²) in [5.74, 6) is -0.841. The van der Waals surface area contributed by atoms with E-state index in [2.05, 4.69) is 9.72 Å². The number of fused-ring (bicyclic) bond motifs is 1. The van der Waals surface area contributed by atoms with Crippen LogP contribution in [0, 0.1) is 0 Å². The molecule has 0 aliphatic rings. The molecule has 28 heavy (non-hydrogen) atoms. The van der Waals surface area contributed by atoms with Crippen LogP contribution in [0.4, 0.5) is 26.3 Å². The Morgan fingerprint density at radius 3 is 2.21 bits per heavy atom. The third-order valence-corrected chi connectivity index (χ3v) is 3.54. The largest absolute Gasteiger partial charge is 0.484 e. The molecule has 0 bridgehead atoms. The van der Waals surface area contributed by atoms with Crippen LogP contribution >= 0.6 is 0 Å². The van der Waals surface area contributed by atoms with Gasteiger partial charge in [0.15, 0.2) is 12.3 Å². The molecular formula is C16H9F6N3O3. The molecule has 0 aliphatic heterocycles. The smallest absolute Gasteiger partial charge is 0.434 e. The number of nitrogens with one attached hydrogen (secondary N) is 1. The average Bonchev–Trinajstić information content (AvgIpc) is 2.59. The van der Waals surface area contributed by atoms with Crippen LogP contribution in [0.15, 0.2) is 46.1 Å². The van der Waals surface area contributed by atoms with Crippen LogP contribution in [0.1, 0.15) is 5.69 Å². The highest BCUT2D eigenvalue weighted by Crippen LogP contribution is 2.34. The van der Waals surface area contributed by atoms with Crippen molar-refractivity contribution < 1.29 is 31.1 Å². The summed E-state index contributed by atoms with van der Waals surface area (Å²) in [4.78, 5) is 29.2. The molecule has 2 heterocycles. The number of hydrogen-bond acceptors (Lipinski definition) is 4. The van der Waals surface area contributed by atoms with Gasteiger partial charge in [-0.3, -0.25) is 19.0 Å². The quantitative estimate of drug-likeness (QED) is 0.680. The van der Waals surface area contributed by atoms with E-state index in [1.54, 1.807) is 0 Å². The average molecular weight is 405 g/mol. The Kier molecular flexibility index (Phi) is 4.65. The first-order chi connectivity index (χ1) is 13.0. The number of hydrogen-bond donors (Lipinski definition) is 1. The Hall–Kier alpha value is -3.31. The van der Waals surface area contributed by atoms with Crippen molar-refractivity contribution in [1.82, 2.24) is 14.4 Å². The van der Waals surface area contributed by atoms with E-state index in [4.69, 9.17) is 0 Å². The summed E-state index contributed by atoms with van der Waals surface area (Å²) >= 11 is 0. The van der Waals surface area contributed by atoms with Gasteiger partial charge in [-0.25, -0.2) is 4.98 Å². The highest BCUT2D eigenvalue weighted by Gasteiger charge is 2.38. The Morgan fingerprint density at radius 1 is 1.00 bits per heavy atom. The number of aromatic amines is 1. The van der Waals surface area contributed by atoms with Gasteiger partial charge in [-0.05, 0) is 17.7 Å². The zero-order valence-corrected chi connectivity index (χ0v) is 13.6. The van der Waals surface area contributed by atoms with Crippen LogP contribution in [0.5, 0.6) is 5.75 Å². The fraction of sp³-hybridized carbons (Fsp3) is 0.188. The summed E-state index contributed by atoms with van der Waals surface area (Å²) in [5.41, 5.74) is -4.45. The van der Waals surface area contributed by atoms with Crippen molar-refractivity contribution in [3.05, 3.63) is 62.9 Å². The Labute approximate surface area is 151 Å². The number of benzene rings is 1. The molecule has 0 spiro atoms. The SMILES string of the molecule is O=c1ccn2c(=O)c(-c3ccc(OCC(F)(F)F)cc3)c(C(F)(F)F)nc2[nH]1. The van der Waals surface area contributed by atoms with Gasteiger partial charge in [0.05, 0.1) is 5.56 Å². The molecule has 0 radical (unpaired) electrons. The lowest BCUT2D eigenvalue weighted by molar-refractivity contribution is -0.153. The van der Waals surface area contributed by atoms with Crippen molar-refractivity contribution in [3.63, 3.8) is 0 Å². The summed E-state index contributed by atoms with van der Waals surface area (Å²) in [6.07, 6.45) is -8.64. The molecule has 1 aromatic carbocycles. The van der Waals surface area contributed by atoms with E-state index < -0.39 is 47.1 Å². The summed E-state index contributed by atoms with van der Waals surface area (Å²) in [6, 6.07) is 4.96. The van der Waals surface area contributed by atoms with Crippen LogP contribution < -0.4 is 15.9 Å². The van der Waals surface area contributed by atoms with Gasteiger partial charge >= 0.3 is 12.4 Å². The maximum atomic E-state index is 13.4. The minimum atomic E-state index is -5.03. The third-order valence-electron chi connectivity index (χ3n) is 3.54. The standard InChI is InChI=1S/C16H9F6N3O3/c17-15(18,19)7-28-9-3-1-8(2-4-9)11-12(16(20,21)22)24-14-23-10(26)5-6-25(14)13(11)27/h1-6H,7H2,(H,23,24,26). The first-order valence-corrected chi connectivity index (χ1v) is 7.48. The Bertz CT molecular complexity index is 1130.